The molecule has 0 saturated carbocycles. The van der Waals surface area contributed by atoms with E-state index in [0.29, 0.717) is 5.69 Å². The average molecular weight is 421 g/mol. The van der Waals surface area contributed by atoms with E-state index in [-0.39, 0.29) is 28.6 Å². The van der Waals surface area contributed by atoms with Gasteiger partial charge in [0.1, 0.15) is 40.1 Å². The topological polar surface area (TPSA) is 64.3 Å². The molecular formula is C19H12F5N5O. The molecule has 0 aliphatic rings. The van der Waals surface area contributed by atoms with E-state index in [1.807, 2.05) is 0 Å². The maximum Gasteiger partial charge on any atom is 0.387 e. The van der Waals surface area contributed by atoms with E-state index < -0.39 is 24.5 Å². The molecule has 0 saturated heterocycles. The smallest absolute Gasteiger partial charge is 0.387 e. The Morgan fingerprint density at radius 3 is 2.40 bits per heavy atom. The van der Waals surface area contributed by atoms with Gasteiger partial charge in [0, 0.05) is 11.9 Å². The number of pyridine rings is 1. The van der Waals surface area contributed by atoms with E-state index in [4.69, 9.17) is 0 Å². The largest absolute Gasteiger partial charge is 0.435 e. The molecule has 30 heavy (non-hydrogen) atoms. The maximum absolute atomic E-state index is 13.7. The van der Waals surface area contributed by atoms with Gasteiger partial charge in [0.2, 0.25) is 0 Å². The van der Waals surface area contributed by atoms with Crippen molar-refractivity contribution >= 4 is 17.2 Å². The van der Waals surface area contributed by atoms with Crippen LogP contribution in [0.25, 0.3) is 17.0 Å². The maximum atomic E-state index is 13.7. The Balaban J connectivity index is 1.69. The summed E-state index contributed by atoms with van der Waals surface area (Å²) >= 11 is 0. The normalized spacial score (nSPS) is 11.4. The van der Waals surface area contributed by atoms with Crippen LogP contribution in [0.5, 0.6) is 5.75 Å². The molecule has 154 valence electrons. The third-order valence-electron chi connectivity index (χ3n) is 4.05. The lowest BCUT2D eigenvalue weighted by atomic mass is 10.2. The number of nitrogens with zero attached hydrogens (tertiary/aromatic N) is 4. The van der Waals surface area contributed by atoms with E-state index in [9.17, 15) is 22.0 Å². The van der Waals surface area contributed by atoms with E-state index in [0.717, 1.165) is 12.3 Å². The van der Waals surface area contributed by atoms with Crippen molar-refractivity contribution in [2.45, 2.75) is 13.0 Å². The van der Waals surface area contributed by atoms with Crippen LogP contribution in [-0.2, 0) is 0 Å². The zero-order valence-electron chi connectivity index (χ0n) is 14.9. The monoisotopic (exact) mass is 421 g/mol. The van der Waals surface area contributed by atoms with Crippen LogP contribution in [-0.4, -0.2) is 26.0 Å². The molecule has 0 amide bonds. The number of alkyl halides is 4. The summed E-state index contributed by atoms with van der Waals surface area (Å²) < 4.78 is 70.7. The van der Waals surface area contributed by atoms with Crippen molar-refractivity contribution < 1.29 is 26.7 Å². The van der Waals surface area contributed by atoms with Crippen LogP contribution < -0.4 is 10.1 Å². The first-order valence-corrected chi connectivity index (χ1v) is 8.50. The molecule has 0 fully saturated rings. The lowest BCUT2D eigenvalue weighted by Crippen LogP contribution is -2.02. The molecule has 0 bridgehead atoms. The molecule has 1 aromatic carbocycles. The molecule has 1 N–H and O–H groups in total. The molecule has 0 atom stereocenters. The number of fused-ring (bicyclic) bond motifs is 1. The second-order valence-electron chi connectivity index (χ2n) is 6.04. The number of hydrogen-bond donors (Lipinski definition) is 1. The summed E-state index contributed by atoms with van der Waals surface area (Å²) in [4.78, 5) is 12.1. The van der Waals surface area contributed by atoms with Gasteiger partial charge in [-0.15, -0.1) is 0 Å². The molecule has 0 aliphatic heterocycles. The fourth-order valence-electron chi connectivity index (χ4n) is 2.85. The van der Waals surface area contributed by atoms with Crippen molar-refractivity contribution in [1.82, 2.24) is 19.4 Å². The van der Waals surface area contributed by atoms with Crippen LogP contribution in [0.1, 0.15) is 12.1 Å². The number of anilines is 2. The van der Waals surface area contributed by atoms with Gasteiger partial charge >= 0.3 is 6.61 Å². The predicted molar refractivity (Wildman–Crippen MR) is 97.5 cm³/mol. The quantitative estimate of drug-likeness (QED) is 0.433. The highest BCUT2D eigenvalue weighted by molar-refractivity contribution is 5.66. The van der Waals surface area contributed by atoms with Gasteiger partial charge in [0.25, 0.3) is 6.43 Å². The van der Waals surface area contributed by atoms with Crippen molar-refractivity contribution in [2.24, 2.45) is 0 Å². The summed E-state index contributed by atoms with van der Waals surface area (Å²) in [6.07, 6.45) is 0.723. The SMILES string of the molecule is Fc1ccc2nc(C(F)F)c(-c3cncc(Nc4ccc(OC(F)F)cc4)n3)n2c1. The third-order valence-corrected chi connectivity index (χ3v) is 4.05. The number of imidazole rings is 1. The third kappa shape index (κ3) is 4.00. The van der Waals surface area contributed by atoms with Crippen molar-refractivity contribution in [3.63, 3.8) is 0 Å². The Morgan fingerprint density at radius 1 is 0.933 bits per heavy atom. The van der Waals surface area contributed by atoms with Gasteiger partial charge in [-0.3, -0.25) is 9.38 Å². The summed E-state index contributed by atoms with van der Waals surface area (Å²) in [6.45, 7) is -2.94. The molecule has 4 rings (SSSR count). The number of ether oxygens (including phenoxy) is 1. The minimum Gasteiger partial charge on any atom is -0.435 e. The minimum atomic E-state index is -2.94. The number of halogens is 5. The highest BCUT2D eigenvalue weighted by atomic mass is 19.3. The summed E-state index contributed by atoms with van der Waals surface area (Å²) in [6, 6.07) is 8.00. The number of hydrogen-bond acceptors (Lipinski definition) is 5. The first-order valence-electron chi connectivity index (χ1n) is 8.50. The minimum absolute atomic E-state index is 0.0234. The Morgan fingerprint density at radius 2 is 1.70 bits per heavy atom. The van der Waals surface area contributed by atoms with Gasteiger partial charge in [-0.1, -0.05) is 0 Å². The fourth-order valence-corrected chi connectivity index (χ4v) is 2.85. The highest BCUT2D eigenvalue weighted by Crippen LogP contribution is 2.31. The summed E-state index contributed by atoms with van der Waals surface area (Å²) in [5, 5.41) is 2.89. The zero-order valence-corrected chi connectivity index (χ0v) is 14.9. The van der Waals surface area contributed by atoms with E-state index in [1.54, 1.807) is 0 Å². The lowest BCUT2D eigenvalue weighted by molar-refractivity contribution is -0.0498. The van der Waals surface area contributed by atoms with Crippen LogP contribution in [0.15, 0.2) is 55.0 Å². The first kappa shape index (κ1) is 19.6. The standard InChI is InChI=1S/C19H12F5N5O/c20-10-1-6-15-28-16(18(21)22)17(29(15)9-10)13-7-25-8-14(27-13)26-11-2-4-12(5-3-11)30-19(23)24/h1-9,18-19H,(H,26,27). The van der Waals surface area contributed by atoms with Crippen LogP contribution in [0.3, 0.4) is 0 Å². The lowest BCUT2D eigenvalue weighted by Gasteiger charge is -2.09. The molecule has 3 aromatic heterocycles. The molecule has 4 aromatic rings. The number of benzene rings is 1. The summed E-state index contributed by atoms with van der Waals surface area (Å²) in [5.74, 6) is -0.457. The Labute approximate surface area is 166 Å². The number of rotatable bonds is 6. The van der Waals surface area contributed by atoms with Gasteiger partial charge in [-0.2, -0.15) is 8.78 Å². The molecule has 6 nitrogen and oxygen atoms in total. The highest BCUT2D eigenvalue weighted by Gasteiger charge is 2.23. The van der Waals surface area contributed by atoms with E-state index in [2.05, 4.69) is 25.0 Å². The van der Waals surface area contributed by atoms with Crippen molar-refractivity contribution in [2.75, 3.05) is 5.32 Å². The van der Waals surface area contributed by atoms with Gasteiger partial charge in [0.05, 0.1) is 12.4 Å². The number of nitrogens with one attached hydrogen (secondary N) is 1. The zero-order chi connectivity index (χ0) is 21.3. The van der Waals surface area contributed by atoms with Gasteiger partial charge in [0.15, 0.2) is 0 Å². The average Bonchev–Trinajstić information content (AvgIpc) is 3.08. The molecule has 0 unspecified atom stereocenters. The fraction of sp³-hybridized carbons (Fsp3) is 0.105. The van der Waals surface area contributed by atoms with Gasteiger partial charge in [-0.05, 0) is 36.4 Å². The number of aromatic nitrogens is 4. The van der Waals surface area contributed by atoms with E-state index in [1.165, 1.54) is 47.1 Å². The van der Waals surface area contributed by atoms with Crippen LogP contribution in [0, 0.1) is 5.82 Å². The van der Waals surface area contributed by atoms with E-state index >= 15 is 0 Å². The Hall–Kier alpha value is -3.76. The van der Waals surface area contributed by atoms with Gasteiger partial charge < -0.3 is 10.1 Å². The Bertz CT molecular complexity index is 1180. The summed E-state index contributed by atoms with van der Waals surface area (Å²) in [5.41, 5.74) is 0.0146. The molecule has 0 radical (unpaired) electrons. The van der Waals surface area contributed by atoms with Crippen molar-refractivity contribution in [3.8, 4) is 17.1 Å². The molecule has 11 heteroatoms. The van der Waals surface area contributed by atoms with Crippen LogP contribution in [0.2, 0.25) is 0 Å². The van der Waals surface area contributed by atoms with Crippen LogP contribution >= 0.6 is 0 Å². The van der Waals surface area contributed by atoms with Crippen LogP contribution in [0.4, 0.5) is 33.5 Å². The second-order valence-corrected chi connectivity index (χ2v) is 6.04. The molecule has 3 heterocycles. The second kappa shape index (κ2) is 7.93. The summed E-state index contributed by atoms with van der Waals surface area (Å²) in [7, 11) is 0. The van der Waals surface area contributed by atoms with Crippen molar-refractivity contribution in [1.29, 1.82) is 0 Å². The first-order chi connectivity index (χ1) is 14.4. The van der Waals surface area contributed by atoms with Crippen molar-refractivity contribution in [3.05, 3.63) is 66.5 Å². The Kier molecular flexibility index (Phi) is 5.17. The molecule has 0 spiro atoms. The predicted octanol–water partition coefficient (Wildman–Crippen LogP) is 5.21. The molecular weight excluding hydrogens is 409 g/mol. The molecule has 0 aliphatic carbocycles. The van der Waals surface area contributed by atoms with Gasteiger partial charge in [-0.25, -0.2) is 23.1 Å².